The summed E-state index contributed by atoms with van der Waals surface area (Å²) < 4.78 is 10.6. The summed E-state index contributed by atoms with van der Waals surface area (Å²) in [5.74, 6) is 0.235. The average molecular weight is 397 g/mol. The van der Waals surface area contributed by atoms with Crippen molar-refractivity contribution in [1.82, 2.24) is 4.90 Å². The molecule has 1 heterocycles. The zero-order valence-electron chi connectivity index (χ0n) is 17.0. The van der Waals surface area contributed by atoms with Crippen LogP contribution in [0.25, 0.3) is 5.57 Å². The molecule has 0 radical (unpaired) electrons. The largest absolute Gasteiger partial charge is 0.503 e. The number of aliphatic hydroxyl groups excluding tert-OH is 1. The van der Waals surface area contributed by atoms with Crippen LogP contribution >= 0.6 is 0 Å². The minimum absolute atomic E-state index is 0.121. The molecule has 1 aliphatic heterocycles. The maximum absolute atomic E-state index is 12.9. The molecule has 0 fully saturated rings. The van der Waals surface area contributed by atoms with E-state index in [9.17, 15) is 15.0 Å². The number of methoxy groups -OCH3 is 2. The second-order valence-corrected chi connectivity index (χ2v) is 7.11. The van der Waals surface area contributed by atoms with Crippen molar-refractivity contribution in [1.29, 1.82) is 0 Å². The molecule has 1 amide bonds. The Morgan fingerprint density at radius 2 is 1.69 bits per heavy atom. The number of amides is 1. The Morgan fingerprint density at radius 1 is 1.03 bits per heavy atom. The lowest BCUT2D eigenvalue weighted by atomic mass is 9.90. The first-order chi connectivity index (χ1) is 13.9. The van der Waals surface area contributed by atoms with Gasteiger partial charge in [-0.2, -0.15) is 0 Å². The maximum Gasteiger partial charge on any atom is 0.291 e. The minimum Gasteiger partial charge on any atom is -0.503 e. The molecule has 1 unspecified atom stereocenters. The van der Waals surface area contributed by atoms with Gasteiger partial charge in [-0.3, -0.25) is 4.79 Å². The Labute approximate surface area is 171 Å². The van der Waals surface area contributed by atoms with Crippen LogP contribution < -0.4 is 9.47 Å². The lowest BCUT2D eigenvalue weighted by molar-refractivity contribution is -0.142. The molecule has 0 spiro atoms. The van der Waals surface area contributed by atoms with Crippen LogP contribution in [0.1, 0.15) is 30.9 Å². The van der Waals surface area contributed by atoms with Gasteiger partial charge >= 0.3 is 0 Å². The number of hydrogen-bond donors (Lipinski definition) is 2. The molecule has 1 atom stereocenters. The van der Waals surface area contributed by atoms with Gasteiger partial charge in [0.1, 0.15) is 11.5 Å². The van der Waals surface area contributed by atoms with Gasteiger partial charge in [0.15, 0.2) is 11.5 Å². The number of nitrogens with zero attached hydrogens (tertiary/aromatic N) is 1. The highest BCUT2D eigenvalue weighted by Crippen LogP contribution is 2.42. The van der Waals surface area contributed by atoms with Crippen molar-refractivity contribution < 1.29 is 24.5 Å². The van der Waals surface area contributed by atoms with E-state index in [1.807, 2.05) is 31.2 Å². The third-order valence-corrected chi connectivity index (χ3v) is 5.21. The quantitative estimate of drug-likeness (QED) is 0.712. The molecule has 2 aromatic rings. The average Bonchev–Trinajstić information content (AvgIpc) is 2.91. The highest BCUT2D eigenvalue weighted by Gasteiger charge is 2.51. The molecule has 0 aliphatic carbocycles. The topological polar surface area (TPSA) is 79.2 Å². The fourth-order valence-electron chi connectivity index (χ4n) is 3.73. The monoisotopic (exact) mass is 397 g/mol. The second-order valence-electron chi connectivity index (χ2n) is 7.11. The van der Waals surface area contributed by atoms with Crippen LogP contribution in [0.5, 0.6) is 11.5 Å². The molecule has 1 aliphatic rings. The normalized spacial score (nSPS) is 19.0. The van der Waals surface area contributed by atoms with Gasteiger partial charge in [-0.15, -0.1) is 0 Å². The number of carbonyl (C=O) groups is 1. The first kappa shape index (κ1) is 20.7. The number of rotatable bonds is 8. The van der Waals surface area contributed by atoms with Gasteiger partial charge in [0, 0.05) is 13.0 Å². The summed E-state index contributed by atoms with van der Waals surface area (Å²) in [5.41, 5.74) is -0.161. The van der Waals surface area contributed by atoms with Crippen molar-refractivity contribution in [3.05, 3.63) is 65.4 Å². The van der Waals surface area contributed by atoms with E-state index in [-0.39, 0.29) is 12.0 Å². The predicted molar refractivity (Wildman–Crippen MR) is 111 cm³/mol. The van der Waals surface area contributed by atoms with Gasteiger partial charge in [0.05, 0.1) is 19.8 Å². The van der Waals surface area contributed by atoms with E-state index in [0.29, 0.717) is 30.0 Å². The van der Waals surface area contributed by atoms with Crippen molar-refractivity contribution in [2.45, 2.75) is 31.9 Å². The summed E-state index contributed by atoms with van der Waals surface area (Å²) in [5, 5.41) is 22.5. The summed E-state index contributed by atoms with van der Waals surface area (Å²) in [4.78, 5) is 14.2. The molecule has 0 bridgehead atoms. The van der Waals surface area contributed by atoms with Crippen molar-refractivity contribution in [3.8, 4) is 11.5 Å². The van der Waals surface area contributed by atoms with E-state index in [4.69, 9.17) is 9.47 Å². The summed E-state index contributed by atoms with van der Waals surface area (Å²) in [6.07, 6.45) is 1.69. The Bertz CT molecular complexity index is 923. The van der Waals surface area contributed by atoms with E-state index < -0.39 is 17.4 Å². The van der Waals surface area contributed by atoms with Crippen molar-refractivity contribution in [3.63, 3.8) is 0 Å². The predicted octanol–water partition coefficient (Wildman–Crippen LogP) is 3.55. The van der Waals surface area contributed by atoms with Crippen LogP contribution in [0, 0.1) is 0 Å². The molecule has 3 rings (SSSR count). The van der Waals surface area contributed by atoms with Crippen LogP contribution in [0.4, 0.5) is 0 Å². The first-order valence-electron chi connectivity index (χ1n) is 9.70. The zero-order valence-corrected chi connectivity index (χ0v) is 17.0. The molecule has 29 heavy (non-hydrogen) atoms. The van der Waals surface area contributed by atoms with Crippen LogP contribution in [0.15, 0.2) is 54.3 Å². The van der Waals surface area contributed by atoms with Gasteiger partial charge in [0.2, 0.25) is 0 Å². The Balaban J connectivity index is 2.10. The zero-order chi connectivity index (χ0) is 21.0. The summed E-state index contributed by atoms with van der Waals surface area (Å²) in [6, 6.07) is 14.3. The van der Waals surface area contributed by atoms with Gasteiger partial charge in [-0.05, 0) is 41.8 Å². The van der Waals surface area contributed by atoms with Crippen molar-refractivity contribution in [2.24, 2.45) is 0 Å². The van der Waals surface area contributed by atoms with Crippen LogP contribution in [0.3, 0.4) is 0 Å². The standard InChI is InChI=1S/C23H27NO5/c1-4-5-12-24-22(26)21(25)20(17-9-7-11-19(14-17)29-3)23(24,27)15-16-8-6-10-18(13-16)28-2/h6-11,13-14,25,27H,4-5,12,15H2,1-3H3. The van der Waals surface area contributed by atoms with Gasteiger partial charge < -0.3 is 24.6 Å². The summed E-state index contributed by atoms with van der Waals surface area (Å²) >= 11 is 0. The molecule has 154 valence electrons. The second kappa shape index (κ2) is 8.57. The van der Waals surface area contributed by atoms with E-state index in [0.717, 1.165) is 12.0 Å². The number of carbonyl (C=O) groups excluding carboxylic acids is 1. The number of benzene rings is 2. The maximum atomic E-state index is 12.9. The Kier molecular flexibility index (Phi) is 6.13. The minimum atomic E-state index is -1.69. The van der Waals surface area contributed by atoms with E-state index >= 15 is 0 Å². The van der Waals surface area contributed by atoms with Crippen molar-refractivity contribution in [2.75, 3.05) is 20.8 Å². The lowest BCUT2D eigenvalue weighted by Gasteiger charge is -2.36. The van der Waals surface area contributed by atoms with Crippen LogP contribution in [-0.4, -0.2) is 47.5 Å². The molecular weight excluding hydrogens is 370 g/mol. The fraction of sp³-hybridized carbons (Fsp3) is 0.348. The van der Waals surface area contributed by atoms with Crippen molar-refractivity contribution >= 4 is 11.5 Å². The van der Waals surface area contributed by atoms with Crippen LogP contribution in [-0.2, 0) is 11.2 Å². The molecular formula is C23H27NO5. The Hall–Kier alpha value is -2.99. The molecule has 0 aromatic heterocycles. The fourth-order valence-corrected chi connectivity index (χ4v) is 3.73. The Morgan fingerprint density at radius 3 is 2.34 bits per heavy atom. The SMILES string of the molecule is CCCCN1C(=O)C(O)=C(c2cccc(OC)c2)C1(O)Cc1cccc(OC)c1. The molecule has 2 N–H and O–H groups in total. The first-order valence-corrected chi connectivity index (χ1v) is 9.70. The van der Waals surface area contributed by atoms with Gasteiger partial charge in [0.25, 0.3) is 5.91 Å². The molecule has 0 saturated heterocycles. The van der Waals surface area contributed by atoms with Gasteiger partial charge in [-0.1, -0.05) is 37.6 Å². The summed E-state index contributed by atoms with van der Waals surface area (Å²) in [6.45, 7) is 2.35. The molecule has 6 nitrogen and oxygen atoms in total. The smallest absolute Gasteiger partial charge is 0.291 e. The number of unbranched alkanes of at least 4 members (excludes halogenated alkanes) is 1. The number of hydrogen-bond acceptors (Lipinski definition) is 5. The summed E-state index contributed by atoms with van der Waals surface area (Å²) in [7, 11) is 3.12. The van der Waals surface area contributed by atoms with E-state index in [1.54, 1.807) is 38.5 Å². The number of ether oxygens (including phenoxy) is 2. The van der Waals surface area contributed by atoms with Crippen LogP contribution in [0.2, 0.25) is 0 Å². The molecule has 6 heteroatoms. The molecule has 2 aromatic carbocycles. The highest BCUT2D eigenvalue weighted by molar-refractivity contribution is 6.06. The number of aliphatic hydroxyl groups is 2. The highest BCUT2D eigenvalue weighted by atomic mass is 16.5. The lowest BCUT2D eigenvalue weighted by Crippen LogP contribution is -2.50. The third-order valence-electron chi connectivity index (χ3n) is 5.21. The van der Waals surface area contributed by atoms with Gasteiger partial charge in [-0.25, -0.2) is 0 Å². The third kappa shape index (κ3) is 3.93. The molecule has 0 saturated carbocycles. The van der Waals surface area contributed by atoms with E-state index in [1.165, 1.54) is 4.90 Å². The van der Waals surface area contributed by atoms with E-state index in [2.05, 4.69) is 0 Å².